The van der Waals surface area contributed by atoms with E-state index >= 15 is 0 Å². The Morgan fingerprint density at radius 1 is 0.973 bits per heavy atom. The monoisotopic (exact) mass is 579 g/mol. The maximum atomic E-state index is 13.0. The maximum Gasteiger partial charge on any atom is 0.166 e. The van der Waals surface area contributed by atoms with Crippen LogP contribution in [0.1, 0.15) is 35.7 Å². The van der Waals surface area contributed by atoms with Crippen LogP contribution >= 0.6 is 48.0 Å². The second-order valence-electron chi connectivity index (χ2n) is 8.80. The van der Waals surface area contributed by atoms with Crippen molar-refractivity contribution in [3.63, 3.8) is 0 Å². The van der Waals surface area contributed by atoms with E-state index in [1.165, 1.54) is 5.56 Å². The van der Waals surface area contributed by atoms with Gasteiger partial charge in [-0.1, -0.05) is 48.3 Å². The number of halogens is 4. The number of benzene rings is 3. The van der Waals surface area contributed by atoms with Crippen LogP contribution in [0.25, 0.3) is 22.0 Å². The van der Waals surface area contributed by atoms with Crippen LogP contribution in [0.15, 0.2) is 60.8 Å². The number of nitrogens with zero attached hydrogens (tertiary/aromatic N) is 2. The fourth-order valence-electron chi connectivity index (χ4n) is 4.02. The number of ketones is 1. The zero-order valence-corrected chi connectivity index (χ0v) is 23.9. The molecule has 0 aliphatic carbocycles. The van der Waals surface area contributed by atoms with Gasteiger partial charge in [0.05, 0.1) is 26.8 Å². The van der Waals surface area contributed by atoms with Crippen molar-refractivity contribution < 1.29 is 9.90 Å². The molecular weight excluding hydrogens is 552 g/mol. The smallest absolute Gasteiger partial charge is 0.166 e. The van der Waals surface area contributed by atoms with Gasteiger partial charge in [0.1, 0.15) is 0 Å². The molecule has 1 aromatic heterocycles. The van der Waals surface area contributed by atoms with E-state index in [1.807, 2.05) is 51.4 Å². The fraction of sp³-hybridized carbons (Fsp3) is 0.214. The predicted molar refractivity (Wildman–Crippen MR) is 160 cm³/mol. The van der Waals surface area contributed by atoms with E-state index in [0.29, 0.717) is 17.7 Å². The third-order valence-electron chi connectivity index (χ3n) is 5.72. The van der Waals surface area contributed by atoms with Gasteiger partial charge in [0, 0.05) is 30.2 Å². The zero-order chi connectivity index (χ0) is 25.1. The second kappa shape index (κ2) is 13.3. The molecule has 3 aromatic carbocycles. The van der Waals surface area contributed by atoms with E-state index in [0.717, 1.165) is 40.7 Å². The first-order chi connectivity index (χ1) is 16.8. The molecule has 37 heavy (non-hydrogen) atoms. The van der Waals surface area contributed by atoms with Crippen LogP contribution in [-0.4, -0.2) is 34.9 Å². The van der Waals surface area contributed by atoms with Gasteiger partial charge in [-0.2, -0.15) is 0 Å². The minimum absolute atomic E-state index is 0. The van der Waals surface area contributed by atoms with Crippen molar-refractivity contribution in [2.45, 2.75) is 26.3 Å². The van der Waals surface area contributed by atoms with Crippen molar-refractivity contribution in [2.75, 3.05) is 19.4 Å². The van der Waals surface area contributed by atoms with Crippen molar-refractivity contribution in [3.05, 3.63) is 82.0 Å². The molecule has 0 aliphatic heterocycles. The number of rotatable bonds is 8. The highest BCUT2D eigenvalue weighted by atomic mass is 35.5. The Balaban J connectivity index is 0.00000241. The van der Waals surface area contributed by atoms with E-state index in [9.17, 15) is 9.90 Å². The molecule has 0 fully saturated rings. The van der Waals surface area contributed by atoms with Crippen molar-refractivity contribution in [3.8, 4) is 16.9 Å². The molecule has 9 heteroatoms. The summed E-state index contributed by atoms with van der Waals surface area (Å²) in [7, 11) is 4.07. The van der Waals surface area contributed by atoms with E-state index < -0.39 is 0 Å². The number of aromatic nitrogens is 1. The van der Waals surface area contributed by atoms with Gasteiger partial charge in [0.15, 0.2) is 11.5 Å². The summed E-state index contributed by atoms with van der Waals surface area (Å²) in [4.78, 5) is 19.7. The van der Waals surface area contributed by atoms with Gasteiger partial charge in [-0.05, 0) is 73.6 Å². The summed E-state index contributed by atoms with van der Waals surface area (Å²) in [6, 6.07) is 17.3. The lowest BCUT2D eigenvalue weighted by molar-refractivity contribution is 0.0982. The van der Waals surface area contributed by atoms with E-state index in [-0.39, 0.29) is 46.4 Å². The highest BCUT2D eigenvalue weighted by molar-refractivity contribution is 6.37. The number of carbonyl (C=O) groups excluding carboxylic acids is 1. The number of nitrogens with one attached hydrogen (secondary N) is 1. The third-order valence-corrected chi connectivity index (χ3v) is 6.29. The van der Waals surface area contributed by atoms with Crippen LogP contribution in [0, 0.1) is 0 Å². The molecule has 0 saturated carbocycles. The normalized spacial score (nSPS) is 10.6. The fourth-order valence-corrected chi connectivity index (χ4v) is 4.50. The predicted octanol–water partition coefficient (Wildman–Crippen LogP) is 8.55. The number of anilines is 2. The number of aromatic hydroxyl groups is 1. The summed E-state index contributed by atoms with van der Waals surface area (Å²) >= 11 is 12.3. The zero-order valence-electron chi connectivity index (χ0n) is 20.7. The van der Waals surface area contributed by atoms with Crippen LogP contribution in [0.4, 0.5) is 11.4 Å². The molecule has 5 nitrogen and oxygen atoms in total. The Morgan fingerprint density at radius 3 is 2.22 bits per heavy atom. The van der Waals surface area contributed by atoms with Crippen LogP contribution < -0.4 is 5.32 Å². The SMILES string of the molecule is CCCC(=O)c1cnc2ccc(-c3cc(Cl)c(O)c(Cl)c3)cc2c1Nc1ccc(CN(C)C)cc1.Cl.Cl. The van der Waals surface area contributed by atoms with Gasteiger partial charge in [-0.15, -0.1) is 24.8 Å². The number of hydrogen-bond acceptors (Lipinski definition) is 5. The highest BCUT2D eigenvalue weighted by Gasteiger charge is 2.17. The standard InChI is InChI=1S/C28H27Cl2N3O2.2ClH/c1-4-5-26(34)22-15-31-25-11-8-18(19-13-23(29)28(35)24(30)14-19)12-21(25)27(22)32-20-9-6-17(7-10-20)16-33(2)3;;/h6-15,35H,4-5,16H2,1-3H3,(H,31,32);2*1H. The second-order valence-corrected chi connectivity index (χ2v) is 9.61. The van der Waals surface area contributed by atoms with Crippen molar-refractivity contribution in [1.82, 2.24) is 9.88 Å². The minimum Gasteiger partial charge on any atom is -0.505 e. The molecule has 0 atom stereocenters. The van der Waals surface area contributed by atoms with E-state index in [2.05, 4.69) is 27.3 Å². The van der Waals surface area contributed by atoms with Crippen LogP contribution in [0.2, 0.25) is 10.0 Å². The molecule has 0 unspecified atom stereocenters. The Kier molecular flexibility index (Phi) is 11.0. The molecule has 0 spiro atoms. The molecule has 0 bridgehead atoms. The Hall–Kier alpha value is -2.54. The molecular formula is C28H29Cl4N3O2. The van der Waals surface area contributed by atoms with Crippen molar-refractivity contribution in [2.24, 2.45) is 0 Å². The summed E-state index contributed by atoms with van der Waals surface area (Å²) in [5, 5.41) is 14.6. The third kappa shape index (κ3) is 7.07. The molecule has 0 aliphatic rings. The van der Waals surface area contributed by atoms with Crippen molar-refractivity contribution in [1.29, 1.82) is 0 Å². The largest absolute Gasteiger partial charge is 0.505 e. The number of hydrogen-bond donors (Lipinski definition) is 2. The summed E-state index contributed by atoms with van der Waals surface area (Å²) in [6.45, 7) is 2.83. The number of phenols is 1. The lowest BCUT2D eigenvalue weighted by atomic mass is 9.98. The molecule has 2 N–H and O–H groups in total. The van der Waals surface area contributed by atoms with Crippen LogP contribution in [-0.2, 0) is 6.54 Å². The molecule has 0 saturated heterocycles. The first-order valence-corrected chi connectivity index (χ1v) is 12.2. The van der Waals surface area contributed by atoms with Gasteiger partial charge in [-0.3, -0.25) is 9.78 Å². The van der Waals surface area contributed by atoms with Gasteiger partial charge in [0.2, 0.25) is 0 Å². The minimum atomic E-state index is -0.146. The first-order valence-electron chi connectivity index (χ1n) is 11.4. The molecule has 4 rings (SSSR count). The van der Waals surface area contributed by atoms with Gasteiger partial charge < -0.3 is 15.3 Å². The number of fused-ring (bicyclic) bond motifs is 1. The van der Waals surface area contributed by atoms with Gasteiger partial charge in [-0.25, -0.2) is 0 Å². The summed E-state index contributed by atoms with van der Waals surface area (Å²) < 4.78 is 0. The quantitative estimate of drug-likeness (QED) is 0.204. The lowest BCUT2D eigenvalue weighted by Gasteiger charge is -2.16. The Bertz CT molecular complexity index is 1370. The molecule has 196 valence electrons. The number of pyridine rings is 1. The number of Topliss-reactive ketones (excluding diaryl/α,β-unsaturated/α-hetero) is 1. The van der Waals surface area contributed by atoms with Crippen molar-refractivity contribution >= 4 is 76.1 Å². The Morgan fingerprint density at radius 2 is 1.62 bits per heavy atom. The lowest BCUT2D eigenvalue weighted by Crippen LogP contribution is -2.10. The average molecular weight is 581 g/mol. The number of phenolic OH excluding ortho intramolecular Hbond substituents is 1. The topological polar surface area (TPSA) is 65.5 Å². The molecule has 0 amide bonds. The molecule has 0 radical (unpaired) electrons. The van der Waals surface area contributed by atoms with E-state index in [1.54, 1.807) is 18.3 Å². The number of carbonyl (C=O) groups is 1. The van der Waals surface area contributed by atoms with Gasteiger partial charge >= 0.3 is 0 Å². The van der Waals surface area contributed by atoms with Crippen LogP contribution in [0.5, 0.6) is 5.75 Å². The highest BCUT2D eigenvalue weighted by Crippen LogP contribution is 2.38. The summed E-state index contributed by atoms with van der Waals surface area (Å²) in [6.07, 6.45) is 2.84. The maximum absolute atomic E-state index is 13.0. The Labute approximate surface area is 239 Å². The summed E-state index contributed by atoms with van der Waals surface area (Å²) in [5.41, 5.74) is 5.70. The van der Waals surface area contributed by atoms with E-state index in [4.69, 9.17) is 23.2 Å². The summed E-state index contributed by atoms with van der Waals surface area (Å²) in [5.74, 6) is -0.109. The average Bonchev–Trinajstić information content (AvgIpc) is 2.83. The first kappa shape index (κ1) is 30.7. The molecule has 4 aromatic rings. The van der Waals surface area contributed by atoms with Gasteiger partial charge in [0.25, 0.3) is 0 Å². The van der Waals surface area contributed by atoms with Crippen LogP contribution in [0.3, 0.4) is 0 Å². The molecule has 1 heterocycles.